The first-order valence-electron chi connectivity index (χ1n) is 10.1. The van der Waals surface area contributed by atoms with Crippen molar-refractivity contribution in [3.8, 4) is 0 Å². The molecule has 0 bridgehead atoms. The van der Waals surface area contributed by atoms with Gasteiger partial charge in [-0.1, -0.05) is 61.5 Å². The van der Waals surface area contributed by atoms with Crippen LogP contribution in [-0.2, 0) is 11.8 Å². The summed E-state index contributed by atoms with van der Waals surface area (Å²) >= 11 is 1.31. The van der Waals surface area contributed by atoms with Gasteiger partial charge < -0.3 is 15.2 Å². The lowest BCUT2D eigenvalue weighted by atomic mass is 10.0. The van der Waals surface area contributed by atoms with E-state index in [0.29, 0.717) is 16.5 Å². The molecule has 1 atom stereocenters. The molecule has 7 nitrogen and oxygen atoms in total. The summed E-state index contributed by atoms with van der Waals surface area (Å²) in [5.74, 6) is 0.705. The van der Waals surface area contributed by atoms with Gasteiger partial charge in [-0.3, -0.25) is 9.59 Å². The van der Waals surface area contributed by atoms with Crippen LogP contribution in [0.5, 0.6) is 0 Å². The van der Waals surface area contributed by atoms with E-state index in [0.717, 1.165) is 11.3 Å². The molecule has 2 amide bonds. The third kappa shape index (κ3) is 5.95. The Morgan fingerprint density at radius 2 is 1.81 bits per heavy atom. The highest BCUT2D eigenvalue weighted by molar-refractivity contribution is 7.99. The van der Waals surface area contributed by atoms with Crippen molar-refractivity contribution in [3.05, 3.63) is 71.5 Å². The number of amides is 2. The molecule has 31 heavy (non-hydrogen) atoms. The van der Waals surface area contributed by atoms with Gasteiger partial charge in [0.15, 0.2) is 11.0 Å². The molecule has 0 aliphatic heterocycles. The van der Waals surface area contributed by atoms with E-state index in [4.69, 9.17) is 0 Å². The summed E-state index contributed by atoms with van der Waals surface area (Å²) in [6.45, 7) is 6.00. The van der Waals surface area contributed by atoms with Crippen LogP contribution >= 0.6 is 11.8 Å². The third-order valence-electron chi connectivity index (χ3n) is 4.77. The first kappa shape index (κ1) is 22.6. The van der Waals surface area contributed by atoms with E-state index >= 15 is 0 Å². The Labute approximate surface area is 186 Å². The number of carbonyl (C=O) groups excluding carboxylic acids is 2. The first-order chi connectivity index (χ1) is 14.8. The molecule has 0 fully saturated rings. The minimum Gasteiger partial charge on any atom is -0.342 e. The zero-order chi connectivity index (χ0) is 22.4. The van der Waals surface area contributed by atoms with Crippen molar-refractivity contribution in [2.24, 2.45) is 13.0 Å². The fourth-order valence-electron chi connectivity index (χ4n) is 3.11. The van der Waals surface area contributed by atoms with E-state index in [9.17, 15) is 9.59 Å². The van der Waals surface area contributed by atoms with E-state index < -0.39 is 0 Å². The standard InChI is InChI=1S/C23H27N5O2S/c1-15(2)20(25-22(30)17-10-8-9-16(3)13-17)21-26-27-23(28(21)4)31-14-19(29)24-18-11-6-5-7-12-18/h5-13,15,20H,14H2,1-4H3,(H,24,29)(H,25,30)/t20-/m1/s1. The lowest BCUT2D eigenvalue weighted by molar-refractivity contribution is -0.113. The topological polar surface area (TPSA) is 88.9 Å². The second-order valence-corrected chi connectivity index (χ2v) is 8.61. The van der Waals surface area contributed by atoms with Crippen LogP contribution in [0.4, 0.5) is 5.69 Å². The maximum Gasteiger partial charge on any atom is 0.251 e. The highest BCUT2D eigenvalue weighted by Crippen LogP contribution is 2.24. The Hall–Kier alpha value is -3.13. The van der Waals surface area contributed by atoms with Crippen molar-refractivity contribution < 1.29 is 9.59 Å². The number of benzene rings is 2. The molecule has 3 rings (SSSR count). The van der Waals surface area contributed by atoms with Crippen LogP contribution in [0.15, 0.2) is 59.8 Å². The number of carbonyl (C=O) groups is 2. The fraction of sp³-hybridized carbons (Fsp3) is 0.304. The molecule has 2 aromatic carbocycles. The van der Waals surface area contributed by atoms with Crippen LogP contribution in [0.1, 0.15) is 41.6 Å². The SMILES string of the molecule is Cc1cccc(C(=O)N[C@@H](c2nnc(SCC(=O)Nc3ccccc3)n2C)C(C)C)c1. The van der Waals surface area contributed by atoms with E-state index in [1.807, 2.05) is 80.9 Å². The lowest BCUT2D eigenvalue weighted by Crippen LogP contribution is -2.33. The number of rotatable bonds is 8. The van der Waals surface area contributed by atoms with Gasteiger partial charge in [-0.25, -0.2) is 0 Å². The van der Waals surface area contributed by atoms with Crippen LogP contribution in [-0.4, -0.2) is 32.3 Å². The number of hydrogen-bond acceptors (Lipinski definition) is 5. The van der Waals surface area contributed by atoms with Crippen molar-refractivity contribution in [2.45, 2.75) is 32.0 Å². The van der Waals surface area contributed by atoms with Crippen LogP contribution in [0.2, 0.25) is 0 Å². The van der Waals surface area contributed by atoms with Crippen LogP contribution in [0.25, 0.3) is 0 Å². The number of para-hydroxylation sites is 1. The Balaban J connectivity index is 1.67. The van der Waals surface area contributed by atoms with Crippen LogP contribution in [0, 0.1) is 12.8 Å². The number of hydrogen-bond donors (Lipinski definition) is 2. The predicted molar refractivity (Wildman–Crippen MR) is 123 cm³/mol. The molecule has 3 aromatic rings. The van der Waals surface area contributed by atoms with E-state index in [-0.39, 0.29) is 29.5 Å². The van der Waals surface area contributed by atoms with Gasteiger partial charge in [-0.05, 0) is 37.1 Å². The zero-order valence-corrected chi connectivity index (χ0v) is 18.9. The monoisotopic (exact) mass is 437 g/mol. The molecule has 8 heteroatoms. The Bertz CT molecular complexity index is 1050. The average molecular weight is 438 g/mol. The molecule has 1 heterocycles. The number of aromatic nitrogens is 3. The highest BCUT2D eigenvalue weighted by Gasteiger charge is 2.25. The Kier molecular flexibility index (Phi) is 7.46. The molecule has 0 saturated carbocycles. The summed E-state index contributed by atoms with van der Waals surface area (Å²) in [6.07, 6.45) is 0. The van der Waals surface area contributed by atoms with Gasteiger partial charge in [-0.2, -0.15) is 0 Å². The number of anilines is 1. The second kappa shape index (κ2) is 10.3. The van der Waals surface area contributed by atoms with Gasteiger partial charge in [0, 0.05) is 18.3 Å². The van der Waals surface area contributed by atoms with Crippen LogP contribution in [0.3, 0.4) is 0 Å². The maximum absolute atomic E-state index is 12.8. The molecule has 0 spiro atoms. The van der Waals surface area contributed by atoms with Crippen molar-refractivity contribution in [1.82, 2.24) is 20.1 Å². The number of nitrogens with one attached hydrogen (secondary N) is 2. The van der Waals surface area contributed by atoms with Gasteiger partial charge in [0.05, 0.1) is 11.8 Å². The molecule has 0 aliphatic carbocycles. The molecule has 1 aromatic heterocycles. The predicted octanol–water partition coefficient (Wildman–Crippen LogP) is 3.98. The largest absolute Gasteiger partial charge is 0.342 e. The van der Waals surface area contributed by atoms with Crippen molar-refractivity contribution in [3.63, 3.8) is 0 Å². The zero-order valence-electron chi connectivity index (χ0n) is 18.1. The van der Waals surface area contributed by atoms with Crippen LogP contribution < -0.4 is 10.6 Å². The summed E-state index contributed by atoms with van der Waals surface area (Å²) in [6, 6.07) is 16.5. The van der Waals surface area contributed by atoms with E-state index in [1.165, 1.54) is 11.8 Å². The number of aryl methyl sites for hydroxylation is 1. The number of thioether (sulfide) groups is 1. The van der Waals surface area contributed by atoms with E-state index in [2.05, 4.69) is 20.8 Å². The molecular weight excluding hydrogens is 410 g/mol. The molecule has 0 radical (unpaired) electrons. The summed E-state index contributed by atoms with van der Waals surface area (Å²) in [7, 11) is 1.85. The van der Waals surface area contributed by atoms with E-state index in [1.54, 1.807) is 6.07 Å². The van der Waals surface area contributed by atoms with Crippen molar-refractivity contribution >= 4 is 29.3 Å². The minimum atomic E-state index is -0.307. The smallest absolute Gasteiger partial charge is 0.251 e. The van der Waals surface area contributed by atoms with Gasteiger partial charge in [0.2, 0.25) is 5.91 Å². The summed E-state index contributed by atoms with van der Waals surface area (Å²) in [4.78, 5) is 25.0. The molecule has 2 N–H and O–H groups in total. The van der Waals surface area contributed by atoms with Crippen molar-refractivity contribution in [1.29, 1.82) is 0 Å². The van der Waals surface area contributed by atoms with Gasteiger partial charge in [0.1, 0.15) is 0 Å². The summed E-state index contributed by atoms with van der Waals surface area (Å²) in [5.41, 5.74) is 2.39. The van der Waals surface area contributed by atoms with Crippen molar-refractivity contribution in [2.75, 3.05) is 11.1 Å². The third-order valence-corrected chi connectivity index (χ3v) is 5.79. The minimum absolute atomic E-state index is 0.107. The molecule has 162 valence electrons. The van der Waals surface area contributed by atoms with Gasteiger partial charge in [-0.15, -0.1) is 10.2 Å². The lowest BCUT2D eigenvalue weighted by Gasteiger charge is -2.21. The quantitative estimate of drug-likeness (QED) is 0.521. The summed E-state index contributed by atoms with van der Waals surface area (Å²) < 4.78 is 1.83. The molecular formula is C23H27N5O2S. The Morgan fingerprint density at radius 1 is 1.06 bits per heavy atom. The molecule has 0 saturated heterocycles. The number of nitrogens with zero attached hydrogens (tertiary/aromatic N) is 3. The Morgan fingerprint density at radius 3 is 2.48 bits per heavy atom. The normalized spacial score (nSPS) is 11.9. The highest BCUT2D eigenvalue weighted by atomic mass is 32.2. The van der Waals surface area contributed by atoms with Gasteiger partial charge >= 0.3 is 0 Å². The molecule has 0 aliphatic rings. The molecule has 0 unspecified atom stereocenters. The first-order valence-corrected chi connectivity index (χ1v) is 11.1. The summed E-state index contributed by atoms with van der Waals surface area (Å²) in [5, 5.41) is 15.1. The maximum atomic E-state index is 12.8. The fourth-order valence-corrected chi connectivity index (χ4v) is 3.83. The van der Waals surface area contributed by atoms with Gasteiger partial charge in [0.25, 0.3) is 5.91 Å². The average Bonchev–Trinajstić information content (AvgIpc) is 3.11. The second-order valence-electron chi connectivity index (χ2n) is 7.67.